The van der Waals surface area contributed by atoms with Gasteiger partial charge in [0.2, 0.25) is 0 Å². The highest BCUT2D eigenvalue weighted by atomic mass is 15.3. The maximum Gasteiger partial charge on any atom is 0.178 e. The van der Waals surface area contributed by atoms with Crippen molar-refractivity contribution >= 4 is 5.69 Å². The summed E-state index contributed by atoms with van der Waals surface area (Å²) in [5, 5.41) is 7.85. The van der Waals surface area contributed by atoms with Crippen LogP contribution in [0.3, 0.4) is 0 Å². The molecular formula is C16H23N5. The van der Waals surface area contributed by atoms with E-state index in [1.54, 1.807) is 17.2 Å². The molecule has 21 heavy (non-hydrogen) atoms. The van der Waals surface area contributed by atoms with Crippen molar-refractivity contribution in [2.45, 2.75) is 52.0 Å². The highest BCUT2D eigenvalue weighted by Gasteiger charge is 2.24. The van der Waals surface area contributed by atoms with Crippen LogP contribution in [0.2, 0.25) is 0 Å². The highest BCUT2D eigenvalue weighted by molar-refractivity contribution is 5.56. The average molecular weight is 285 g/mol. The molecule has 1 fully saturated rings. The lowest BCUT2D eigenvalue weighted by Gasteiger charge is -2.22. The minimum Gasteiger partial charge on any atom is -0.379 e. The minimum atomic E-state index is 0.472. The summed E-state index contributed by atoms with van der Waals surface area (Å²) in [5.74, 6) is 0.818. The van der Waals surface area contributed by atoms with Crippen molar-refractivity contribution in [3.05, 3.63) is 31.0 Å². The Hall–Kier alpha value is -1.91. The van der Waals surface area contributed by atoms with Gasteiger partial charge in [-0.15, -0.1) is 0 Å². The van der Waals surface area contributed by atoms with Gasteiger partial charge in [0.1, 0.15) is 12.7 Å². The monoisotopic (exact) mass is 285 g/mol. The van der Waals surface area contributed by atoms with Gasteiger partial charge in [0, 0.05) is 12.2 Å². The first-order chi connectivity index (χ1) is 10.1. The van der Waals surface area contributed by atoms with Crippen LogP contribution in [0, 0.1) is 5.41 Å². The number of hydrogen-bond donors (Lipinski definition) is 1. The molecule has 2 heterocycles. The predicted molar refractivity (Wildman–Crippen MR) is 83.4 cm³/mol. The third kappa shape index (κ3) is 3.40. The van der Waals surface area contributed by atoms with E-state index in [4.69, 9.17) is 0 Å². The Bertz CT molecular complexity index is 576. The lowest BCUT2D eigenvalue weighted by molar-refractivity contribution is 0.313. The van der Waals surface area contributed by atoms with Crippen LogP contribution in [-0.2, 0) is 0 Å². The molecule has 112 valence electrons. The zero-order chi connectivity index (χ0) is 14.7. The Kier molecular flexibility index (Phi) is 3.90. The van der Waals surface area contributed by atoms with E-state index < -0.39 is 0 Å². The standard InChI is InChI=1S/C16H23N5/c1-16(2)8-3-5-13(7-9-16)20-14-6-4-10-18-15(14)21-12-17-11-19-21/h4,6,10-13,20H,3,5,7-9H2,1-2H3. The second-order valence-corrected chi connectivity index (χ2v) is 6.65. The van der Waals surface area contributed by atoms with Crippen molar-refractivity contribution < 1.29 is 0 Å². The molecule has 1 saturated carbocycles. The normalized spacial score (nSPS) is 21.7. The third-order valence-corrected chi connectivity index (χ3v) is 4.36. The van der Waals surface area contributed by atoms with Gasteiger partial charge < -0.3 is 5.32 Å². The largest absolute Gasteiger partial charge is 0.379 e. The molecule has 1 N–H and O–H groups in total. The van der Waals surface area contributed by atoms with Crippen LogP contribution in [0.4, 0.5) is 5.69 Å². The molecule has 2 aromatic rings. The molecule has 5 nitrogen and oxygen atoms in total. The summed E-state index contributed by atoms with van der Waals surface area (Å²) in [5.41, 5.74) is 1.51. The Morgan fingerprint density at radius 2 is 2.19 bits per heavy atom. The van der Waals surface area contributed by atoms with E-state index in [0.29, 0.717) is 11.5 Å². The second kappa shape index (κ2) is 5.84. The molecule has 0 radical (unpaired) electrons. The minimum absolute atomic E-state index is 0.472. The zero-order valence-corrected chi connectivity index (χ0v) is 12.8. The topological polar surface area (TPSA) is 55.6 Å². The van der Waals surface area contributed by atoms with E-state index in [2.05, 4.69) is 40.3 Å². The Balaban J connectivity index is 1.76. The lowest BCUT2D eigenvalue weighted by atomic mass is 9.85. The second-order valence-electron chi connectivity index (χ2n) is 6.65. The predicted octanol–water partition coefficient (Wildman–Crippen LogP) is 3.43. The molecule has 1 aliphatic carbocycles. The maximum atomic E-state index is 4.44. The SMILES string of the molecule is CC1(C)CCCC(Nc2cccnc2-n2cncn2)CC1. The van der Waals surface area contributed by atoms with Gasteiger partial charge in [-0.05, 0) is 43.2 Å². The molecule has 0 aromatic carbocycles. The fourth-order valence-corrected chi connectivity index (χ4v) is 3.04. The van der Waals surface area contributed by atoms with Gasteiger partial charge in [0.25, 0.3) is 0 Å². The molecule has 0 spiro atoms. The molecular weight excluding hydrogens is 262 g/mol. The van der Waals surface area contributed by atoms with Crippen LogP contribution in [-0.4, -0.2) is 25.8 Å². The van der Waals surface area contributed by atoms with Gasteiger partial charge in [-0.3, -0.25) is 0 Å². The molecule has 0 bridgehead atoms. The molecule has 3 rings (SSSR count). The van der Waals surface area contributed by atoms with Crippen molar-refractivity contribution in [1.82, 2.24) is 19.7 Å². The zero-order valence-electron chi connectivity index (χ0n) is 12.8. The Labute approximate surface area is 125 Å². The number of nitrogens with zero attached hydrogens (tertiary/aromatic N) is 4. The molecule has 1 atom stereocenters. The summed E-state index contributed by atoms with van der Waals surface area (Å²) in [6, 6.07) is 4.54. The van der Waals surface area contributed by atoms with Gasteiger partial charge in [-0.1, -0.05) is 20.3 Å². The Morgan fingerprint density at radius 1 is 1.29 bits per heavy atom. The van der Waals surface area contributed by atoms with E-state index in [0.717, 1.165) is 11.5 Å². The number of nitrogens with one attached hydrogen (secondary N) is 1. The number of aromatic nitrogens is 4. The maximum absolute atomic E-state index is 4.44. The third-order valence-electron chi connectivity index (χ3n) is 4.36. The summed E-state index contributed by atoms with van der Waals surface area (Å²) < 4.78 is 1.71. The van der Waals surface area contributed by atoms with Crippen LogP contribution in [0.15, 0.2) is 31.0 Å². The molecule has 2 aromatic heterocycles. The van der Waals surface area contributed by atoms with Gasteiger partial charge >= 0.3 is 0 Å². The quantitative estimate of drug-likeness (QED) is 0.878. The van der Waals surface area contributed by atoms with Crippen LogP contribution >= 0.6 is 0 Å². The number of hydrogen-bond acceptors (Lipinski definition) is 4. The van der Waals surface area contributed by atoms with Gasteiger partial charge in [-0.25, -0.2) is 14.6 Å². The van der Waals surface area contributed by atoms with E-state index in [-0.39, 0.29) is 0 Å². The summed E-state index contributed by atoms with van der Waals surface area (Å²) in [6.07, 6.45) is 11.3. The van der Waals surface area contributed by atoms with E-state index in [1.165, 1.54) is 38.4 Å². The van der Waals surface area contributed by atoms with Crippen molar-refractivity contribution in [1.29, 1.82) is 0 Å². The summed E-state index contributed by atoms with van der Waals surface area (Å²) >= 11 is 0. The first-order valence-electron chi connectivity index (χ1n) is 7.71. The summed E-state index contributed by atoms with van der Waals surface area (Å²) in [7, 11) is 0. The highest BCUT2D eigenvalue weighted by Crippen LogP contribution is 2.35. The fourth-order valence-electron chi connectivity index (χ4n) is 3.04. The molecule has 1 aliphatic rings. The average Bonchev–Trinajstić information content (AvgIpc) is 2.93. The van der Waals surface area contributed by atoms with E-state index in [1.807, 2.05) is 6.07 Å². The van der Waals surface area contributed by atoms with Gasteiger partial charge in [0.15, 0.2) is 5.82 Å². The number of anilines is 1. The van der Waals surface area contributed by atoms with Crippen LogP contribution < -0.4 is 5.32 Å². The van der Waals surface area contributed by atoms with Crippen molar-refractivity contribution in [2.24, 2.45) is 5.41 Å². The number of pyridine rings is 1. The molecule has 1 unspecified atom stereocenters. The molecule has 0 amide bonds. The fraction of sp³-hybridized carbons (Fsp3) is 0.562. The molecule has 0 saturated heterocycles. The van der Waals surface area contributed by atoms with E-state index in [9.17, 15) is 0 Å². The van der Waals surface area contributed by atoms with Crippen molar-refractivity contribution in [3.8, 4) is 5.82 Å². The first-order valence-corrected chi connectivity index (χ1v) is 7.71. The van der Waals surface area contributed by atoms with Crippen LogP contribution in [0.5, 0.6) is 0 Å². The summed E-state index contributed by atoms with van der Waals surface area (Å²) in [6.45, 7) is 4.75. The van der Waals surface area contributed by atoms with Gasteiger partial charge in [0.05, 0.1) is 5.69 Å². The first kappa shape index (κ1) is 14.0. The van der Waals surface area contributed by atoms with E-state index >= 15 is 0 Å². The molecule has 0 aliphatic heterocycles. The van der Waals surface area contributed by atoms with Crippen molar-refractivity contribution in [2.75, 3.05) is 5.32 Å². The lowest BCUT2D eigenvalue weighted by Crippen LogP contribution is -2.20. The van der Waals surface area contributed by atoms with Crippen LogP contribution in [0.1, 0.15) is 46.0 Å². The molecule has 5 heteroatoms. The Morgan fingerprint density at radius 3 is 3.00 bits per heavy atom. The van der Waals surface area contributed by atoms with Crippen LogP contribution in [0.25, 0.3) is 5.82 Å². The van der Waals surface area contributed by atoms with Gasteiger partial charge in [-0.2, -0.15) is 5.10 Å². The number of rotatable bonds is 3. The smallest absolute Gasteiger partial charge is 0.178 e. The summed E-state index contributed by atoms with van der Waals surface area (Å²) in [4.78, 5) is 8.44. The van der Waals surface area contributed by atoms with Crippen molar-refractivity contribution in [3.63, 3.8) is 0 Å².